The number of nitrogens with zero attached hydrogens (tertiary/aromatic N) is 4. The van der Waals surface area contributed by atoms with Crippen LogP contribution < -0.4 is 0 Å². The van der Waals surface area contributed by atoms with Gasteiger partial charge in [-0.15, -0.1) is 5.10 Å². The van der Waals surface area contributed by atoms with Gasteiger partial charge in [-0.2, -0.15) is 5.10 Å². The molecule has 2 rings (SSSR count). The summed E-state index contributed by atoms with van der Waals surface area (Å²) in [4.78, 5) is 0.824. The highest BCUT2D eigenvalue weighted by molar-refractivity contribution is 7.05. The molecule has 2 aromatic heterocycles. The number of aromatic nitrogens is 4. The van der Waals surface area contributed by atoms with E-state index in [1.54, 1.807) is 6.20 Å². The molecule has 92 valence electrons. The molecule has 0 aliphatic heterocycles. The van der Waals surface area contributed by atoms with Crippen molar-refractivity contribution < 1.29 is 5.11 Å². The summed E-state index contributed by atoms with van der Waals surface area (Å²) in [6.07, 6.45) is 2.82. The van der Waals surface area contributed by atoms with Crippen LogP contribution in [0, 0.1) is 0 Å². The predicted molar refractivity (Wildman–Crippen MR) is 65.9 cm³/mol. The molecule has 0 fully saturated rings. The Morgan fingerprint density at radius 3 is 3.00 bits per heavy atom. The van der Waals surface area contributed by atoms with Crippen molar-refractivity contribution in [1.82, 2.24) is 19.4 Å². The first-order valence-corrected chi connectivity index (χ1v) is 6.56. The molecule has 0 aliphatic rings. The van der Waals surface area contributed by atoms with Gasteiger partial charge >= 0.3 is 0 Å². The minimum Gasteiger partial charge on any atom is -0.381 e. The molecule has 0 aromatic carbocycles. The monoisotopic (exact) mass is 252 g/mol. The SMILES string of the molecule is CCCn1nccc1C(O)c1snnc1CC. The minimum atomic E-state index is -0.668. The van der Waals surface area contributed by atoms with Gasteiger partial charge in [0, 0.05) is 12.7 Å². The first-order chi connectivity index (χ1) is 8.27. The van der Waals surface area contributed by atoms with Crippen molar-refractivity contribution >= 4 is 11.5 Å². The Kier molecular flexibility index (Phi) is 3.86. The minimum absolute atomic E-state index is 0.668. The van der Waals surface area contributed by atoms with E-state index in [4.69, 9.17) is 0 Å². The van der Waals surface area contributed by atoms with Gasteiger partial charge in [0.15, 0.2) is 0 Å². The van der Waals surface area contributed by atoms with Crippen LogP contribution in [-0.2, 0) is 13.0 Å². The molecule has 0 spiro atoms. The molecule has 0 aliphatic carbocycles. The number of aryl methyl sites for hydroxylation is 2. The topological polar surface area (TPSA) is 63.8 Å². The highest BCUT2D eigenvalue weighted by atomic mass is 32.1. The molecule has 1 atom stereocenters. The van der Waals surface area contributed by atoms with Gasteiger partial charge in [0.1, 0.15) is 6.10 Å². The first-order valence-electron chi connectivity index (χ1n) is 5.78. The molecule has 2 heterocycles. The highest BCUT2D eigenvalue weighted by Crippen LogP contribution is 2.27. The number of aliphatic hydroxyl groups is 1. The summed E-state index contributed by atoms with van der Waals surface area (Å²) in [5, 5.41) is 18.6. The molecule has 0 bridgehead atoms. The maximum Gasteiger partial charge on any atom is 0.133 e. The van der Waals surface area contributed by atoms with Crippen molar-refractivity contribution in [2.75, 3.05) is 0 Å². The fourth-order valence-electron chi connectivity index (χ4n) is 1.78. The molecule has 1 N–H and O–H groups in total. The Balaban J connectivity index is 2.30. The van der Waals surface area contributed by atoms with Crippen LogP contribution in [0.2, 0.25) is 0 Å². The van der Waals surface area contributed by atoms with Gasteiger partial charge in [-0.05, 0) is 30.4 Å². The number of aliphatic hydroxyl groups excluding tert-OH is 1. The summed E-state index contributed by atoms with van der Waals surface area (Å²) >= 11 is 1.26. The van der Waals surface area contributed by atoms with Gasteiger partial charge in [0.05, 0.1) is 16.3 Å². The van der Waals surface area contributed by atoms with E-state index in [-0.39, 0.29) is 0 Å². The molecular formula is C11H16N4OS. The smallest absolute Gasteiger partial charge is 0.133 e. The van der Waals surface area contributed by atoms with Crippen molar-refractivity contribution in [3.05, 3.63) is 28.5 Å². The molecule has 0 saturated heterocycles. The number of hydrogen-bond acceptors (Lipinski definition) is 5. The number of hydrogen-bond donors (Lipinski definition) is 1. The van der Waals surface area contributed by atoms with E-state index in [1.807, 2.05) is 17.7 Å². The largest absolute Gasteiger partial charge is 0.381 e. The van der Waals surface area contributed by atoms with Crippen LogP contribution in [0.1, 0.15) is 42.6 Å². The van der Waals surface area contributed by atoms with E-state index in [0.717, 1.165) is 35.7 Å². The van der Waals surface area contributed by atoms with E-state index in [1.165, 1.54) is 11.5 Å². The standard InChI is InChI=1S/C11H16N4OS/c1-3-7-15-9(5-6-12-15)10(16)11-8(4-2)13-14-17-11/h5-6,10,16H,3-4,7H2,1-2H3. The van der Waals surface area contributed by atoms with Crippen molar-refractivity contribution in [1.29, 1.82) is 0 Å². The maximum atomic E-state index is 10.4. The van der Waals surface area contributed by atoms with Crippen molar-refractivity contribution in [2.24, 2.45) is 0 Å². The van der Waals surface area contributed by atoms with Gasteiger partial charge in [-0.1, -0.05) is 18.3 Å². The third kappa shape index (κ3) is 2.37. The van der Waals surface area contributed by atoms with Crippen LogP contribution in [0.5, 0.6) is 0 Å². The summed E-state index contributed by atoms with van der Waals surface area (Å²) in [5.74, 6) is 0. The van der Waals surface area contributed by atoms with E-state index in [2.05, 4.69) is 21.6 Å². The Morgan fingerprint density at radius 1 is 1.47 bits per heavy atom. The van der Waals surface area contributed by atoms with Crippen molar-refractivity contribution in [2.45, 2.75) is 39.3 Å². The Morgan fingerprint density at radius 2 is 2.29 bits per heavy atom. The quantitative estimate of drug-likeness (QED) is 0.881. The van der Waals surface area contributed by atoms with Crippen molar-refractivity contribution in [3.63, 3.8) is 0 Å². The van der Waals surface area contributed by atoms with Crippen LogP contribution in [0.25, 0.3) is 0 Å². The molecule has 0 saturated carbocycles. The summed E-state index contributed by atoms with van der Waals surface area (Å²) in [6, 6.07) is 1.85. The fourth-order valence-corrected chi connectivity index (χ4v) is 2.51. The summed E-state index contributed by atoms with van der Waals surface area (Å²) < 4.78 is 5.74. The third-order valence-electron chi connectivity index (χ3n) is 2.63. The Hall–Kier alpha value is -1.27. The van der Waals surface area contributed by atoms with Crippen LogP contribution in [0.4, 0.5) is 0 Å². The lowest BCUT2D eigenvalue weighted by Crippen LogP contribution is -2.10. The zero-order chi connectivity index (χ0) is 12.3. The van der Waals surface area contributed by atoms with Gasteiger partial charge < -0.3 is 5.11 Å². The number of rotatable bonds is 5. The summed E-state index contributed by atoms with van der Waals surface area (Å²) in [6.45, 7) is 4.91. The van der Waals surface area contributed by atoms with Crippen LogP contribution in [0.3, 0.4) is 0 Å². The average Bonchev–Trinajstić information content (AvgIpc) is 2.96. The van der Waals surface area contributed by atoms with Gasteiger partial charge in [-0.25, -0.2) is 0 Å². The first kappa shape index (κ1) is 12.2. The average molecular weight is 252 g/mol. The normalized spacial score (nSPS) is 12.9. The lowest BCUT2D eigenvalue weighted by atomic mass is 10.1. The Labute approximate surface area is 104 Å². The molecule has 1 unspecified atom stereocenters. The molecule has 0 amide bonds. The summed E-state index contributed by atoms with van der Waals surface area (Å²) in [5.41, 5.74) is 1.68. The van der Waals surface area contributed by atoms with E-state index in [0.29, 0.717) is 0 Å². The molecule has 6 heteroatoms. The highest BCUT2D eigenvalue weighted by Gasteiger charge is 2.20. The van der Waals surface area contributed by atoms with E-state index < -0.39 is 6.10 Å². The zero-order valence-corrected chi connectivity index (χ0v) is 10.8. The zero-order valence-electron chi connectivity index (χ0n) is 10.00. The maximum absolute atomic E-state index is 10.4. The fraction of sp³-hybridized carbons (Fsp3) is 0.545. The third-order valence-corrected chi connectivity index (χ3v) is 3.45. The lowest BCUT2D eigenvalue weighted by molar-refractivity contribution is 0.210. The molecule has 17 heavy (non-hydrogen) atoms. The second-order valence-corrected chi connectivity index (χ2v) is 4.60. The Bertz CT molecular complexity index is 479. The summed E-state index contributed by atoms with van der Waals surface area (Å²) in [7, 11) is 0. The van der Waals surface area contributed by atoms with Gasteiger partial charge in [-0.3, -0.25) is 4.68 Å². The molecular weight excluding hydrogens is 236 g/mol. The second-order valence-electron chi connectivity index (χ2n) is 3.82. The van der Waals surface area contributed by atoms with Crippen LogP contribution in [0.15, 0.2) is 12.3 Å². The van der Waals surface area contributed by atoms with E-state index in [9.17, 15) is 5.11 Å². The second kappa shape index (κ2) is 5.37. The van der Waals surface area contributed by atoms with Crippen LogP contribution >= 0.6 is 11.5 Å². The van der Waals surface area contributed by atoms with Gasteiger partial charge in [0.25, 0.3) is 0 Å². The van der Waals surface area contributed by atoms with Crippen molar-refractivity contribution in [3.8, 4) is 0 Å². The van der Waals surface area contributed by atoms with E-state index >= 15 is 0 Å². The molecule has 0 radical (unpaired) electrons. The van der Waals surface area contributed by atoms with Gasteiger partial charge in [0.2, 0.25) is 0 Å². The predicted octanol–water partition coefficient (Wildman–Crippen LogP) is 1.79. The lowest BCUT2D eigenvalue weighted by Gasteiger charge is -2.11. The van der Waals surface area contributed by atoms with Crippen LogP contribution in [-0.4, -0.2) is 24.5 Å². The molecule has 5 nitrogen and oxygen atoms in total. The molecule has 2 aromatic rings.